The Labute approximate surface area is 106 Å². The van der Waals surface area contributed by atoms with Crippen molar-refractivity contribution in [1.82, 2.24) is 4.90 Å². The molecule has 1 aliphatic rings. The highest BCUT2D eigenvalue weighted by Crippen LogP contribution is 2.28. The molecule has 3 N–H and O–H groups in total. The maximum Gasteiger partial charge on any atom is 0.250 e. The lowest BCUT2D eigenvalue weighted by atomic mass is 9.97. The molecular formula is C12H22F2N2O2. The summed E-state index contributed by atoms with van der Waals surface area (Å²) in [5, 5.41) is 9.66. The predicted octanol–water partition coefficient (Wildman–Crippen LogP) is 0.980. The van der Waals surface area contributed by atoms with Crippen molar-refractivity contribution in [2.45, 2.75) is 44.6 Å². The molecule has 1 amide bonds. The Morgan fingerprint density at radius 3 is 2.50 bits per heavy atom. The Morgan fingerprint density at radius 1 is 1.44 bits per heavy atom. The van der Waals surface area contributed by atoms with Crippen molar-refractivity contribution < 1.29 is 18.7 Å². The van der Waals surface area contributed by atoms with Crippen LogP contribution in [0.1, 0.15) is 32.6 Å². The molecule has 0 aromatic rings. The van der Waals surface area contributed by atoms with Crippen LogP contribution in [0.2, 0.25) is 0 Å². The zero-order chi connectivity index (χ0) is 13.8. The molecule has 0 unspecified atom stereocenters. The minimum absolute atomic E-state index is 0.0424. The number of halogens is 2. The second-order valence-electron chi connectivity index (χ2n) is 5.20. The Morgan fingerprint density at radius 2 is 2.00 bits per heavy atom. The second kappa shape index (κ2) is 6.43. The summed E-state index contributed by atoms with van der Waals surface area (Å²) >= 11 is 0. The highest BCUT2D eigenvalue weighted by Gasteiger charge is 2.33. The third-order valence-corrected chi connectivity index (χ3v) is 3.56. The predicted molar refractivity (Wildman–Crippen MR) is 64.2 cm³/mol. The zero-order valence-corrected chi connectivity index (χ0v) is 10.7. The van der Waals surface area contributed by atoms with E-state index < -0.39 is 17.9 Å². The summed E-state index contributed by atoms with van der Waals surface area (Å²) < 4.78 is 25.9. The van der Waals surface area contributed by atoms with E-state index in [1.165, 1.54) is 0 Å². The summed E-state index contributed by atoms with van der Waals surface area (Å²) in [6.07, 6.45) is -0.288. The molecule has 1 aliphatic heterocycles. The number of carbonyl (C=O) groups excluding carboxylic acids is 1. The number of aliphatic hydroxyl groups excluding tert-OH is 1. The van der Waals surface area contributed by atoms with Crippen molar-refractivity contribution in [3.63, 3.8) is 0 Å². The van der Waals surface area contributed by atoms with E-state index in [1.54, 1.807) is 0 Å². The Hall–Kier alpha value is -0.750. The molecule has 4 nitrogen and oxygen atoms in total. The molecule has 0 bridgehead atoms. The fraction of sp³-hybridized carbons (Fsp3) is 0.917. The minimum atomic E-state index is -2.52. The molecule has 1 rings (SSSR count). The van der Waals surface area contributed by atoms with E-state index in [0.29, 0.717) is 26.1 Å². The summed E-state index contributed by atoms with van der Waals surface area (Å²) in [7, 11) is 0. The van der Waals surface area contributed by atoms with Crippen LogP contribution in [-0.4, -0.2) is 47.6 Å². The molecule has 106 valence electrons. The summed E-state index contributed by atoms with van der Waals surface area (Å²) in [5.41, 5.74) is 5.01. The number of alkyl halides is 2. The van der Waals surface area contributed by atoms with Gasteiger partial charge in [-0.2, -0.15) is 0 Å². The van der Waals surface area contributed by atoms with Crippen LogP contribution in [0, 0.1) is 5.92 Å². The van der Waals surface area contributed by atoms with Gasteiger partial charge in [0.25, 0.3) is 5.92 Å². The van der Waals surface area contributed by atoms with Gasteiger partial charge in [-0.15, -0.1) is 0 Å². The monoisotopic (exact) mass is 264 g/mol. The van der Waals surface area contributed by atoms with Crippen LogP contribution in [-0.2, 0) is 4.79 Å². The van der Waals surface area contributed by atoms with Gasteiger partial charge >= 0.3 is 0 Å². The molecule has 0 saturated carbocycles. The van der Waals surface area contributed by atoms with Crippen molar-refractivity contribution >= 4 is 5.91 Å². The molecule has 2 atom stereocenters. The van der Waals surface area contributed by atoms with Gasteiger partial charge in [0.05, 0.1) is 12.5 Å². The van der Waals surface area contributed by atoms with Crippen LogP contribution in [0.3, 0.4) is 0 Å². The fourth-order valence-corrected chi connectivity index (χ4v) is 2.09. The van der Waals surface area contributed by atoms with Crippen molar-refractivity contribution in [2.24, 2.45) is 11.7 Å². The Bertz CT molecular complexity index is 277. The number of primary amides is 1. The molecule has 0 spiro atoms. The van der Waals surface area contributed by atoms with Gasteiger partial charge in [0.2, 0.25) is 5.91 Å². The first-order chi connectivity index (χ1) is 8.30. The molecule has 1 saturated heterocycles. The van der Waals surface area contributed by atoms with E-state index in [0.717, 1.165) is 0 Å². The summed E-state index contributed by atoms with van der Waals surface area (Å²) in [4.78, 5) is 12.6. The average molecular weight is 264 g/mol. The topological polar surface area (TPSA) is 66.6 Å². The smallest absolute Gasteiger partial charge is 0.250 e. The quantitative estimate of drug-likeness (QED) is 0.751. The maximum absolute atomic E-state index is 12.9. The van der Waals surface area contributed by atoms with Crippen LogP contribution in [0.25, 0.3) is 0 Å². The van der Waals surface area contributed by atoms with Gasteiger partial charge in [-0.3, -0.25) is 4.79 Å². The van der Waals surface area contributed by atoms with E-state index in [-0.39, 0.29) is 25.2 Å². The number of amides is 1. The summed E-state index contributed by atoms with van der Waals surface area (Å²) in [6, 6.07) is 0. The first-order valence-electron chi connectivity index (χ1n) is 6.37. The number of nitrogens with zero attached hydrogens (tertiary/aromatic N) is 1. The minimum Gasteiger partial charge on any atom is -0.392 e. The van der Waals surface area contributed by atoms with E-state index >= 15 is 0 Å². The van der Waals surface area contributed by atoms with E-state index in [1.807, 2.05) is 11.8 Å². The average Bonchev–Trinajstić information content (AvgIpc) is 2.26. The number of hydrogen-bond donors (Lipinski definition) is 2. The number of likely N-dealkylation sites (tertiary alicyclic amines) is 1. The lowest BCUT2D eigenvalue weighted by molar-refractivity contribution is -0.120. The Kier molecular flexibility index (Phi) is 5.47. The van der Waals surface area contributed by atoms with Crippen molar-refractivity contribution in [3.05, 3.63) is 0 Å². The van der Waals surface area contributed by atoms with Crippen LogP contribution in [0.4, 0.5) is 8.78 Å². The van der Waals surface area contributed by atoms with E-state index in [9.17, 15) is 18.7 Å². The van der Waals surface area contributed by atoms with Gasteiger partial charge in [-0.1, -0.05) is 6.92 Å². The van der Waals surface area contributed by atoms with Crippen LogP contribution in [0.5, 0.6) is 0 Å². The van der Waals surface area contributed by atoms with Gasteiger partial charge < -0.3 is 15.7 Å². The number of rotatable bonds is 6. The number of nitrogens with two attached hydrogens (primary N) is 1. The lowest BCUT2D eigenvalue weighted by Gasteiger charge is -2.32. The molecule has 0 aliphatic carbocycles. The van der Waals surface area contributed by atoms with Crippen molar-refractivity contribution in [1.29, 1.82) is 0 Å². The second-order valence-corrected chi connectivity index (χ2v) is 5.20. The number of aliphatic hydroxyl groups is 1. The third-order valence-electron chi connectivity index (χ3n) is 3.56. The van der Waals surface area contributed by atoms with Gasteiger partial charge in [-0.25, -0.2) is 8.78 Å². The maximum atomic E-state index is 12.9. The molecule has 0 aromatic carbocycles. The normalized spacial score (nSPS) is 23.6. The number of hydrogen-bond acceptors (Lipinski definition) is 3. The lowest BCUT2D eigenvalue weighted by Crippen LogP contribution is -2.40. The van der Waals surface area contributed by atoms with Crippen LogP contribution >= 0.6 is 0 Å². The van der Waals surface area contributed by atoms with Crippen LogP contribution < -0.4 is 5.73 Å². The van der Waals surface area contributed by atoms with Gasteiger partial charge in [-0.05, 0) is 18.9 Å². The molecule has 18 heavy (non-hydrogen) atoms. The highest BCUT2D eigenvalue weighted by atomic mass is 19.3. The Balaban J connectivity index is 2.23. The van der Waals surface area contributed by atoms with Crippen molar-refractivity contribution in [3.8, 4) is 0 Å². The van der Waals surface area contributed by atoms with Gasteiger partial charge in [0, 0.05) is 25.9 Å². The third kappa shape index (κ3) is 5.27. The zero-order valence-electron chi connectivity index (χ0n) is 10.7. The number of carbonyl (C=O) groups is 1. The molecule has 1 heterocycles. The van der Waals surface area contributed by atoms with E-state index in [4.69, 9.17) is 5.73 Å². The number of piperidine rings is 1. The molecule has 1 fully saturated rings. The highest BCUT2D eigenvalue weighted by molar-refractivity contribution is 5.74. The van der Waals surface area contributed by atoms with Crippen molar-refractivity contribution in [2.75, 3.05) is 19.6 Å². The first kappa shape index (κ1) is 15.3. The SMILES string of the molecule is C[C@H](CCN1CCC(F)(F)CC1)[C@@H](O)CC(N)=O. The molecule has 6 heteroatoms. The largest absolute Gasteiger partial charge is 0.392 e. The van der Waals surface area contributed by atoms with Crippen LogP contribution in [0.15, 0.2) is 0 Å². The summed E-state index contributed by atoms with van der Waals surface area (Å²) in [6.45, 7) is 3.30. The van der Waals surface area contributed by atoms with Gasteiger partial charge in [0.1, 0.15) is 0 Å². The van der Waals surface area contributed by atoms with Gasteiger partial charge in [0.15, 0.2) is 0 Å². The molecule has 0 aromatic heterocycles. The standard InChI is InChI=1S/C12H22F2N2O2/c1-9(10(17)8-11(15)18)2-5-16-6-3-12(13,14)4-7-16/h9-10,17H,2-8H2,1H3,(H2,15,18)/t9-,10+/m1/s1. The summed E-state index contributed by atoms with van der Waals surface area (Å²) in [5.74, 6) is -3.10. The fourth-order valence-electron chi connectivity index (χ4n) is 2.09. The first-order valence-corrected chi connectivity index (χ1v) is 6.37. The van der Waals surface area contributed by atoms with E-state index in [2.05, 4.69) is 0 Å². The molecule has 0 radical (unpaired) electrons. The molecular weight excluding hydrogens is 242 g/mol.